The van der Waals surface area contributed by atoms with Gasteiger partial charge in [-0.05, 0) is 44.7 Å². The lowest BCUT2D eigenvalue weighted by Gasteiger charge is -2.29. The molecule has 2 unspecified atom stereocenters. The summed E-state index contributed by atoms with van der Waals surface area (Å²) < 4.78 is 6.18. The molecule has 2 bridgehead atoms. The Balaban J connectivity index is 1.54. The molecule has 5 nitrogen and oxygen atoms in total. The van der Waals surface area contributed by atoms with E-state index in [9.17, 15) is 9.59 Å². The summed E-state index contributed by atoms with van der Waals surface area (Å²) in [6.45, 7) is 1.77. The number of amides is 1. The smallest absolute Gasteiger partial charge is 0.255 e. The molecule has 3 heterocycles. The Kier molecular flexibility index (Phi) is 4.47. The van der Waals surface area contributed by atoms with Crippen LogP contribution in [0.1, 0.15) is 41.6 Å². The van der Waals surface area contributed by atoms with Gasteiger partial charge >= 0.3 is 0 Å². The zero-order valence-electron chi connectivity index (χ0n) is 16.4. The minimum atomic E-state index is -0.173. The fraction of sp³-hybridized carbons (Fsp3) is 0.333. The summed E-state index contributed by atoms with van der Waals surface area (Å²) in [5.74, 6) is 0.344. The summed E-state index contributed by atoms with van der Waals surface area (Å²) in [6.07, 6.45) is 4.26. The first-order valence-corrected chi connectivity index (χ1v) is 10.3. The molecule has 5 rings (SSSR count). The number of rotatable bonds is 3. The van der Waals surface area contributed by atoms with Crippen LogP contribution in [0.4, 0.5) is 0 Å². The monoisotopic (exact) mass is 388 g/mol. The molecule has 148 valence electrons. The third kappa shape index (κ3) is 3.25. The van der Waals surface area contributed by atoms with E-state index in [-0.39, 0.29) is 17.4 Å². The molecule has 2 aliphatic rings. The van der Waals surface area contributed by atoms with E-state index in [0.717, 1.165) is 18.4 Å². The molecule has 2 saturated heterocycles. The third-order valence-corrected chi connectivity index (χ3v) is 6.23. The van der Waals surface area contributed by atoms with Crippen LogP contribution in [0.25, 0.3) is 22.3 Å². The Labute approximate surface area is 169 Å². The van der Waals surface area contributed by atoms with E-state index in [2.05, 4.69) is 10.6 Å². The molecule has 2 atom stereocenters. The number of carbonyl (C=O) groups excluding carboxylic acids is 1. The lowest BCUT2D eigenvalue weighted by atomic mass is 9.99. The predicted octanol–water partition coefficient (Wildman–Crippen LogP) is 3.78. The van der Waals surface area contributed by atoms with E-state index < -0.39 is 0 Å². The second kappa shape index (κ2) is 7.16. The molecule has 0 aliphatic carbocycles. The zero-order chi connectivity index (χ0) is 20.0. The molecule has 3 aromatic rings. The topological polar surface area (TPSA) is 71.3 Å². The van der Waals surface area contributed by atoms with Gasteiger partial charge in [-0.1, -0.05) is 36.4 Å². The van der Waals surface area contributed by atoms with Crippen LogP contribution in [0.2, 0.25) is 0 Å². The van der Waals surface area contributed by atoms with E-state index in [0.29, 0.717) is 39.9 Å². The zero-order valence-corrected chi connectivity index (χ0v) is 16.4. The van der Waals surface area contributed by atoms with Crippen LogP contribution in [0, 0.1) is 6.92 Å². The van der Waals surface area contributed by atoms with Gasteiger partial charge in [0, 0.05) is 29.3 Å². The van der Waals surface area contributed by atoms with Crippen molar-refractivity contribution in [3.63, 3.8) is 0 Å². The number of carbonyl (C=O) groups is 1. The lowest BCUT2D eigenvalue weighted by Crippen LogP contribution is -2.48. The highest BCUT2D eigenvalue weighted by atomic mass is 16.3. The molecule has 0 saturated carbocycles. The van der Waals surface area contributed by atoms with Gasteiger partial charge in [0.25, 0.3) is 5.91 Å². The van der Waals surface area contributed by atoms with E-state index in [1.165, 1.54) is 12.8 Å². The van der Waals surface area contributed by atoms with Gasteiger partial charge in [-0.25, -0.2) is 0 Å². The molecule has 2 aliphatic heterocycles. The number of hydrogen-bond donors (Lipinski definition) is 2. The second-order valence-corrected chi connectivity index (χ2v) is 8.21. The van der Waals surface area contributed by atoms with Gasteiger partial charge < -0.3 is 15.1 Å². The Bertz CT molecular complexity index is 1120. The molecule has 0 radical (unpaired) electrons. The Morgan fingerprint density at radius 3 is 2.48 bits per heavy atom. The summed E-state index contributed by atoms with van der Waals surface area (Å²) in [4.78, 5) is 26.1. The van der Waals surface area contributed by atoms with Gasteiger partial charge in [-0.15, -0.1) is 0 Å². The summed E-state index contributed by atoms with van der Waals surface area (Å²) in [7, 11) is 0. The first kappa shape index (κ1) is 18.1. The molecule has 29 heavy (non-hydrogen) atoms. The maximum Gasteiger partial charge on any atom is 0.255 e. The third-order valence-electron chi connectivity index (χ3n) is 6.23. The fourth-order valence-electron chi connectivity index (χ4n) is 4.79. The minimum absolute atomic E-state index is 0.0975. The first-order valence-electron chi connectivity index (χ1n) is 10.3. The van der Waals surface area contributed by atoms with Crippen molar-refractivity contribution in [1.29, 1.82) is 0 Å². The van der Waals surface area contributed by atoms with Gasteiger partial charge in [-0.2, -0.15) is 0 Å². The standard InChI is InChI=1S/C24H24N2O3/c1-14-21(27)19-8-5-9-20(23(19)29-22(14)15-6-3-2-4-7-15)24(28)26-18-12-16-10-11-17(13-18)25-16/h2-9,16-18,25H,10-13H2,1H3,(H,26,28). The maximum atomic E-state index is 13.1. The van der Waals surface area contributed by atoms with E-state index in [4.69, 9.17) is 4.42 Å². The van der Waals surface area contributed by atoms with Gasteiger partial charge in [-0.3, -0.25) is 9.59 Å². The van der Waals surface area contributed by atoms with Gasteiger partial charge in [0.05, 0.1) is 10.9 Å². The Morgan fingerprint density at radius 1 is 1.03 bits per heavy atom. The quantitative estimate of drug-likeness (QED) is 0.716. The molecule has 2 fully saturated rings. The van der Waals surface area contributed by atoms with Crippen molar-refractivity contribution in [3.8, 4) is 11.3 Å². The fourth-order valence-corrected chi connectivity index (χ4v) is 4.79. The molecular formula is C24H24N2O3. The van der Waals surface area contributed by atoms with Gasteiger partial charge in [0.15, 0.2) is 11.0 Å². The van der Waals surface area contributed by atoms with Crippen molar-refractivity contribution < 1.29 is 9.21 Å². The number of benzene rings is 2. The molecule has 1 aromatic heterocycles. The van der Waals surface area contributed by atoms with Crippen LogP contribution in [-0.2, 0) is 0 Å². The minimum Gasteiger partial charge on any atom is -0.455 e. The normalized spacial score (nSPS) is 23.3. The number of piperidine rings is 1. The highest BCUT2D eigenvalue weighted by Crippen LogP contribution is 2.29. The van der Waals surface area contributed by atoms with Crippen LogP contribution >= 0.6 is 0 Å². The molecule has 2 N–H and O–H groups in total. The van der Waals surface area contributed by atoms with Crippen LogP contribution < -0.4 is 16.1 Å². The predicted molar refractivity (Wildman–Crippen MR) is 113 cm³/mol. The van der Waals surface area contributed by atoms with E-state index in [1.807, 2.05) is 30.3 Å². The average Bonchev–Trinajstić information content (AvgIpc) is 3.08. The molecule has 5 heteroatoms. The van der Waals surface area contributed by atoms with Crippen molar-refractivity contribution in [1.82, 2.24) is 10.6 Å². The number of fused-ring (bicyclic) bond motifs is 3. The van der Waals surface area contributed by atoms with Crippen molar-refractivity contribution in [2.24, 2.45) is 0 Å². The Morgan fingerprint density at radius 2 is 1.76 bits per heavy atom. The van der Waals surface area contributed by atoms with Crippen molar-refractivity contribution in [2.75, 3.05) is 0 Å². The molecule has 1 amide bonds. The second-order valence-electron chi connectivity index (χ2n) is 8.21. The Hall–Kier alpha value is -2.92. The van der Waals surface area contributed by atoms with E-state index in [1.54, 1.807) is 25.1 Å². The molecule has 0 spiro atoms. The summed E-state index contributed by atoms with van der Waals surface area (Å²) in [6, 6.07) is 15.9. The maximum absolute atomic E-state index is 13.1. The SMILES string of the molecule is Cc1c(-c2ccccc2)oc2c(C(=O)NC3CC4CCC(C3)N4)cccc2c1=O. The van der Waals surface area contributed by atoms with Crippen LogP contribution in [-0.4, -0.2) is 24.0 Å². The summed E-state index contributed by atoms with van der Waals surface area (Å²) >= 11 is 0. The van der Waals surface area contributed by atoms with Crippen LogP contribution in [0.3, 0.4) is 0 Å². The van der Waals surface area contributed by atoms with Crippen molar-refractivity contribution >= 4 is 16.9 Å². The molecule has 2 aromatic carbocycles. The number of hydrogen-bond acceptors (Lipinski definition) is 4. The van der Waals surface area contributed by atoms with Crippen LogP contribution in [0.15, 0.2) is 57.7 Å². The van der Waals surface area contributed by atoms with Crippen LogP contribution in [0.5, 0.6) is 0 Å². The first-order chi connectivity index (χ1) is 14.1. The summed E-state index contributed by atoms with van der Waals surface area (Å²) in [5, 5.41) is 7.22. The number of nitrogens with one attached hydrogen (secondary N) is 2. The highest BCUT2D eigenvalue weighted by Gasteiger charge is 2.34. The van der Waals surface area contributed by atoms with Gasteiger partial charge in [0.2, 0.25) is 0 Å². The van der Waals surface area contributed by atoms with E-state index >= 15 is 0 Å². The van der Waals surface area contributed by atoms with Crippen molar-refractivity contribution in [3.05, 3.63) is 69.9 Å². The lowest BCUT2D eigenvalue weighted by molar-refractivity contribution is 0.0924. The molecular weight excluding hydrogens is 364 g/mol. The average molecular weight is 388 g/mol. The van der Waals surface area contributed by atoms with Gasteiger partial charge in [0.1, 0.15) is 5.76 Å². The van der Waals surface area contributed by atoms with Crippen molar-refractivity contribution in [2.45, 2.75) is 50.7 Å². The largest absolute Gasteiger partial charge is 0.455 e. The summed E-state index contributed by atoms with van der Waals surface area (Å²) in [5.41, 5.74) is 2.06. The highest BCUT2D eigenvalue weighted by molar-refractivity contribution is 6.05. The number of para-hydroxylation sites is 1.